The molecule has 0 radical (unpaired) electrons. The van der Waals surface area contributed by atoms with E-state index in [1.807, 2.05) is 0 Å². The largest absolute Gasteiger partial charge is 0.348 e. The van der Waals surface area contributed by atoms with Gasteiger partial charge in [0, 0.05) is 25.2 Å². The summed E-state index contributed by atoms with van der Waals surface area (Å²) in [7, 11) is -2.04. The third-order valence-corrected chi connectivity index (χ3v) is 7.13. The number of carbonyl (C=O) groups is 1. The van der Waals surface area contributed by atoms with Crippen LogP contribution in [0.4, 0.5) is 4.39 Å². The van der Waals surface area contributed by atoms with E-state index < -0.39 is 10.0 Å². The lowest BCUT2D eigenvalue weighted by Crippen LogP contribution is -2.38. The fourth-order valence-electron chi connectivity index (χ4n) is 3.49. The topological polar surface area (TPSA) is 66.5 Å². The first-order valence-corrected chi connectivity index (χ1v) is 10.9. The summed E-state index contributed by atoms with van der Waals surface area (Å²) in [6, 6.07) is 11.9. The quantitative estimate of drug-likeness (QED) is 0.798. The van der Waals surface area contributed by atoms with Gasteiger partial charge in [0.25, 0.3) is 5.91 Å². The van der Waals surface area contributed by atoms with E-state index in [0.717, 1.165) is 37.7 Å². The Morgan fingerprint density at radius 1 is 1.11 bits per heavy atom. The molecule has 7 heteroatoms. The number of rotatable bonds is 6. The van der Waals surface area contributed by atoms with Gasteiger partial charge in [-0.05, 0) is 48.7 Å². The highest BCUT2D eigenvalue weighted by Crippen LogP contribution is 2.26. The number of amides is 1. The number of nitrogens with one attached hydrogen (secondary N) is 1. The maximum atomic E-state index is 13.0. The van der Waals surface area contributed by atoms with Crippen LogP contribution in [0.25, 0.3) is 0 Å². The van der Waals surface area contributed by atoms with E-state index in [0.29, 0.717) is 0 Å². The molecule has 5 nitrogen and oxygen atoms in total. The van der Waals surface area contributed by atoms with Gasteiger partial charge < -0.3 is 5.32 Å². The molecular formula is C21H25FN2O3S. The Kier molecular flexibility index (Phi) is 6.46. The highest BCUT2D eigenvalue weighted by Gasteiger charge is 2.29. The Balaban J connectivity index is 1.71. The highest BCUT2D eigenvalue weighted by atomic mass is 32.2. The SMILES string of the molecule is CN(C1CCCCC1)S(=O)(=O)c1cccc(C(=O)NCc2ccc(F)cc2)c1. The van der Waals surface area contributed by atoms with Gasteiger partial charge in [0.2, 0.25) is 10.0 Å². The van der Waals surface area contributed by atoms with Crippen LogP contribution in [-0.4, -0.2) is 31.7 Å². The molecule has 1 aliphatic carbocycles. The van der Waals surface area contributed by atoms with Crippen molar-refractivity contribution < 1.29 is 17.6 Å². The second-order valence-electron chi connectivity index (χ2n) is 7.15. The molecule has 150 valence electrons. The number of carbonyl (C=O) groups excluding carboxylic acids is 1. The number of benzene rings is 2. The van der Waals surface area contributed by atoms with Crippen molar-refractivity contribution in [2.24, 2.45) is 0 Å². The molecule has 1 aliphatic rings. The average molecular weight is 405 g/mol. The van der Waals surface area contributed by atoms with Crippen molar-refractivity contribution >= 4 is 15.9 Å². The van der Waals surface area contributed by atoms with E-state index in [1.165, 1.54) is 28.6 Å². The minimum atomic E-state index is -3.65. The maximum absolute atomic E-state index is 13.0. The molecular weight excluding hydrogens is 379 g/mol. The van der Waals surface area contributed by atoms with Gasteiger partial charge in [0.1, 0.15) is 5.82 Å². The van der Waals surface area contributed by atoms with Crippen LogP contribution < -0.4 is 5.32 Å². The summed E-state index contributed by atoms with van der Waals surface area (Å²) in [5.41, 5.74) is 1.04. The normalized spacial score (nSPS) is 15.5. The van der Waals surface area contributed by atoms with Crippen LogP contribution in [0.1, 0.15) is 48.0 Å². The first-order chi connectivity index (χ1) is 13.4. The van der Waals surface area contributed by atoms with Gasteiger partial charge in [-0.2, -0.15) is 4.31 Å². The Bertz CT molecular complexity index is 923. The monoisotopic (exact) mass is 404 g/mol. The molecule has 3 rings (SSSR count). The van der Waals surface area contributed by atoms with Crippen LogP contribution in [0, 0.1) is 5.82 Å². The number of nitrogens with zero attached hydrogens (tertiary/aromatic N) is 1. The molecule has 0 aromatic heterocycles. The van der Waals surface area contributed by atoms with Crippen molar-refractivity contribution in [3.8, 4) is 0 Å². The van der Waals surface area contributed by atoms with Crippen LogP contribution in [0.15, 0.2) is 53.4 Å². The number of hydrogen-bond donors (Lipinski definition) is 1. The van der Waals surface area contributed by atoms with Gasteiger partial charge in [-0.3, -0.25) is 4.79 Å². The van der Waals surface area contributed by atoms with Crippen molar-refractivity contribution in [2.45, 2.75) is 49.6 Å². The summed E-state index contributed by atoms with van der Waals surface area (Å²) in [5.74, 6) is -0.711. The van der Waals surface area contributed by atoms with Crippen molar-refractivity contribution in [1.29, 1.82) is 0 Å². The summed E-state index contributed by atoms with van der Waals surface area (Å²) in [6.07, 6.45) is 4.96. The van der Waals surface area contributed by atoms with Gasteiger partial charge >= 0.3 is 0 Å². The van der Waals surface area contributed by atoms with E-state index in [-0.39, 0.29) is 34.8 Å². The molecule has 0 aliphatic heterocycles. The summed E-state index contributed by atoms with van der Waals surface area (Å²) in [4.78, 5) is 12.6. The number of sulfonamides is 1. The molecule has 0 spiro atoms. The van der Waals surface area contributed by atoms with E-state index in [4.69, 9.17) is 0 Å². The molecule has 1 fully saturated rings. The van der Waals surface area contributed by atoms with Crippen LogP contribution >= 0.6 is 0 Å². The Morgan fingerprint density at radius 2 is 1.79 bits per heavy atom. The lowest BCUT2D eigenvalue weighted by molar-refractivity contribution is 0.0950. The Hall–Kier alpha value is -2.25. The Labute approximate surface area is 165 Å². The maximum Gasteiger partial charge on any atom is 0.251 e. The lowest BCUT2D eigenvalue weighted by Gasteiger charge is -2.30. The molecule has 0 unspecified atom stereocenters. The summed E-state index contributed by atoms with van der Waals surface area (Å²) >= 11 is 0. The van der Waals surface area contributed by atoms with E-state index in [9.17, 15) is 17.6 Å². The third kappa shape index (κ3) is 4.77. The zero-order valence-corrected chi connectivity index (χ0v) is 16.7. The molecule has 0 atom stereocenters. The molecule has 1 saturated carbocycles. The van der Waals surface area contributed by atoms with Gasteiger partial charge in [-0.1, -0.05) is 37.5 Å². The third-order valence-electron chi connectivity index (χ3n) is 5.23. The van der Waals surface area contributed by atoms with Crippen molar-refractivity contribution in [3.05, 3.63) is 65.5 Å². The van der Waals surface area contributed by atoms with Gasteiger partial charge in [-0.15, -0.1) is 0 Å². The fraction of sp³-hybridized carbons (Fsp3) is 0.381. The number of halogens is 1. The van der Waals surface area contributed by atoms with Gasteiger partial charge in [0.15, 0.2) is 0 Å². The number of hydrogen-bond acceptors (Lipinski definition) is 3. The molecule has 1 N–H and O–H groups in total. The first kappa shape index (κ1) is 20.5. The standard InChI is InChI=1S/C21H25FN2O3S/c1-24(19-7-3-2-4-8-19)28(26,27)20-9-5-6-17(14-20)21(25)23-15-16-10-12-18(22)13-11-16/h5-6,9-14,19H,2-4,7-8,15H2,1H3,(H,23,25). The van der Waals surface area contributed by atoms with Crippen molar-refractivity contribution in [1.82, 2.24) is 9.62 Å². The lowest BCUT2D eigenvalue weighted by atomic mass is 9.96. The minimum Gasteiger partial charge on any atom is -0.348 e. The summed E-state index contributed by atoms with van der Waals surface area (Å²) in [6.45, 7) is 0.234. The first-order valence-electron chi connectivity index (χ1n) is 9.48. The van der Waals surface area contributed by atoms with Crippen molar-refractivity contribution in [2.75, 3.05) is 7.05 Å². The second kappa shape index (κ2) is 8.84. The predicted molar refractivity (Wildman–Crippen MR) is 106 cm³/mol. The van der Waals surface area contributed by atoms with Gasteiger partial charge in [-0.25, -0.2) is 12.8 Å². The molecule has 2 aromatic rings. The Morgan fingerprint density at radius 3 is 2.46 bits per heavy atom. The molecule has 0 heterocycles. The van der Waals surface area contributed by atoms with E-state index in [2.05, 4.69) is 5.32 Å². The van der Waals surface area contributed by atoms with Crippen LogP contribution in [0.2, 0.25) is 0 Å². The molecule has 1 amide bonds. The van der Waals surface area contributed by atoms with Crippen LogP contribution in [0.5, 0.6) is 0 Å². The van der Waals surface area contributed by atoms with Crippen LogP contribution in [0.3, 0.4) is 0 Å². The van der Waals surface area contributed by atoms with Gasteiger partial charge in [0.05, 0.1) is 4.90 Å². The molecule has 0 bridgehead atoms. The minimum absolute atomic E-state index is 0.00899. The molecule has 28 heavy (non-hydrogen) atoms. The molecule has 0 saturated heterocycles. The summed E-state index contributed by atoms with van der Waals surface area (Å²) < 4.78 is 40.4. The zero-order valence-electron chi connectivity index (χ0n) is 15.9. The zero-order chi connectivity index (χ0) is 20.1. The van der Waals surface area contributed by atoms with E-state index in [1.54, 1.807) is 31.3 Å². The second-order valence-corrected chi connectivity index (χ2v) is 9.15. The van der Waals surface area contributed by atoms with Crippen molar-refractivity contribution in [3.63, 3.8) is 0 Å². The summed E-state index contributed by atoms with van der Waals surface area (Å²) in [5, 5.41) is 2.74. The molecule has 2 aromatic carbocycles. The van der Waals surface area contributed by atoms with Crippen LogP contribution in [-0.2, 0) is 16.6 Å². The average Bonchev–Trinajstić information content (AvgIpc) is 2.73. The smallest absolute Gasteiger partial charge is 0.251 e. The van der Waals surface area contributed by atoms with E-state index >= 15 is 0 Å². The predicted octanol–water partition coefficient (Wildman–Crippen LogP) is 3.71. The fourth-order valence-corrected chi connectivity index (χ4v) is 4.95. The highest BCUT2D eigenvalue weighted by molar-refractivity contribution is 7.89.